The van der Waals surface area contributed by atoms with Crippen LogP contribution in [0.15, 0.2) is 73.0 Å². The fraction of sp³-hybridized carbons (Fsp3) is 0.161. The smallest absolute Gasteiger partial charge is 0.432 e. The predicted octanol–water partition coefficient (Wildman–Crippen LogP) is 10.9. The minimum atomic E-state index is -4.76. The molecule has 0 aliphatic rings. The summed E-state index contributed by atoms with van der Waals surface area (Å²) in [6, 6.07) is 8.77. The molecule has 0 aliphatic carbocycles. The van der Waals surface area contributed by atoms with E-state index in [0.717, 1.165) is 24.1 Å². The van der Waals surface area contributed by atoms with Crippen molar-refractivity contribution in [2.75, 3.05) is 0 Å². The summed E-state index contributed by atoms with van der Waals surface area (Å²) in [4.78, 5) is 0. The SMILES string of the molecule is CCCc1ccc(-c2cc(F)c(-c3cc(F)c(C(F)(F)Oc4ccc(OC=CC(F)(F)F)c(F)c4)c(F)c3)c(Cl)c2)c(F)c1. The molecule has 0 unspecified atom stereocenters. The standard InChI is InChI=1S/C31H19ClF10O2/c1-2-3-16-4-6-20(22(33)10-16)17-11-21(32)28(24(35)12-17)18-13-25(36)29(26(37)14-18)31(41,42)44-19-5-7-27(23(34)15-19)43-9-8-30(38,39)40/h4-15H,2-3H2,1H3. The normalized spacial score (nSPS) is 12.2. The Labute approximate surface area is 249 Å². The zero-order valence-corrected chi connectivity index (χ0v) is 23.1. The number of allylic oxidation sites excluding steroid dienone is 1. The Morgan fingerprint density at radius 2 is 1.39 bits per heavy atom. The first kappa shape index (κ1) is 32.7. The van der Waals surface area contributed by atoms with Crippen LogP contribution in [-0.4, -0.2) is 6.18 Å². The van der Waals surface area contributed by atoms with E-state index in [1.54, 1.807) is 6.07 Å². The van der Waals surface area contributed by atoms with Crippen molar-refractivity contribution in [3.8, 4) is 33.8 Å². The van der Waals surface area contributed by atoms with Crippen molar-refractivity contribution >= 4 is 11.6 Å². The van der Waals surface area contributed by atoms with E-state index < -0.39 is 74.6 Å². The van der Waals surface area contributed by atoms with Crippen LogP contribution in [0.2, 0.25) is 5.02 Å². The highest BCUT2D eigenvalue weighted by molar-refractivity contribution is 6.33. The molecule has 232 valence electrons. The molecule has 4 aromatic rings. The van der Waals surface area contributed by atoms with Crippen LogP contribution in [0.5, 0.6) is 11.5 Å². The minimum Gasteiger partial charge on any atom is -0.462 e. The zero-order chi connectivity index (χ0) is 32.4. The highest BCUT2D eigenvalue weighted by atomic mass is 35.5. The van der Waals surface area contributed by atoms with Crippen LogP contribution in [0.1, 0.15) is 24.5 Å². The van der Waals surface area contributed by atoms with Gasteiger partial charge in [0.15, 0.2) is 11.6 Å². The van der Waals surface area contributed by atoms with Crippen LogP contribution in [0, 0.1) is 29.1 Å². The molecule has 0 heterocycles. The average Bonchev–Trinajstić information content (AvgIpc) is 2.88. The van der Waals surface area contributed by atoms with Crippen molar-refractivity contribution in [1.82, 2.24) is 0 Å². The van der Waals surface area contributed by atoms with Crippen LogP contribution in [0.4, 0.5) is 43.9 Å². The molecule has 0 fully saturated rings. The van der Waals surface area contributed by atoms with Gasteiger partial charge in [-0.3, -0.25) is 0 Å². The summed E-state index contributed by atoms with van der Waals surface area (Å²) in [6.07, 6.45) is -8.34. The average molecular weight is 649 g/mol. The number of benzene rings is 4. The summed E-state index contributed by atoms with van der Waals surface area (Å²) >= 11 is 6.19. The Kier molecular flexibility index (Phi) is 9.53. The first-order chi connectivity index (χ1) is 20.6. The van der Waals surface area contributed by atoms with Gasteiger partial charge in [0.2, 0.25) is 0 Å². The monoisotopic (exact) mass is 648 g/mol. The van der Waals surface area contributed by atoms with Gasteiger partial charge in [0, 0.05) is 17.2 Å². The van der Waals surface area contributed by atoms with Crippen LogP contribution in [0.25, 0.3) is 22.3 Å². The highest BCUT2D eigenvalue weighted by Crippen LogP contribution is 2.41. The molecule has 0 amide bonds. The molecular weight excluding hydrogens is 630 g/mol. The molecule has 0 saturated heterocycles. The third kappa shape index (κ3) is 7.47. The van der Waals surface area contributed by atoms with Crippen molar-refractivity contribution in [2.45, 2.75) is 32.1 Å². The second-order valence-electron chi connectivity index (χ2n) is 9.37. The second kappa shape index (κ2) is 12.8. The molecule has 0 aromatic heterocycles. The van der Waals surface area contributed by atoms with Gasteiger partial charge in [0.05, 0.1) is 17.4 Å². The summed E-state index contributed by atoms with van der Waals surface area (Å²) in [6.45, 7) is 1.91. The van der Waals surface area contributed by atoms with Crippen molar-refractivity contribution < 1.29 is 53.4 Å². The number of ether oxygens (including phenoxy) is 2. The number of alkyl halides is 5. The van der Waals surface area contributed by atoms with Crippen LogP contribution in [0.3, 0.4) is 0 Å². The van der Waals surface area contributed by atoms with Crippen molar-refractivity contribution in [1.29, 1.82) is 0 Å². The van der Waals surface area contributed by atoms with E-state index in [0.29, 0.717) is 36.8 Å². The molecular formula is C31H19ClF10O2. The zero-order valence-electron chi connectivity index (χ0n) is 22.3. The number of hydrogen-bond acceptors (Lipinski definition) is 2. The van der Waals surface area contributed by atoms with E-state index in [2.05, 4.69) is 9.47 Å². The van der Waals surface area contributed by atoms with Gasteiger partial charge < -0.3 is 9.47 Å². The molecule has 0 saturated carbocycles. The molecule has 0 radical (unpaired) electrons. The second-order valence-corrected chi connectivity index (χ2v) is 9.77. The fourth-order valence-corrected chi connectivity index (χ4v) is 4.58. The lowest BCUT2D eigenvalue weighted by molar-refractivity contribution is -0.189. The van der Waals surface area contributed by atoms with Gasteiger partial charge in [-0.1, -0.05) is 37.1 Å². The molecule has 4 rings (SSSR count). The first-order valence-electron chi connectivity index (χ1n) is 12.6. The molecule has 2 nitrogen and oxygen atoms in total. The van der Waals surface area contributed by atoms with Gasteiger partial charge in [-0.05, 0) is 65.6 Å². The van der Waals surface area contributed by atoms with E-state index >= 15 is 4.39 Å². The summed E-state index contributed by atoms with van der Waals surface area (Å²) in [5.41, 5.74) is -2.27. The fourth-order valence-electron chi connectivity index (χ4n) is 4.26. The lowest BCUT2D eigenvalue weighted by Crippen LogP contribution is -2.25. The van der Waals surface area contributed by atoms with E-state index in [-0.39, 0.29) is 23.5 Å². The Morgan fingerprint density at radius 3 is 1.95 bits per heavy atom. The lowest BCUT2D eigenvalue weighted by Gasteiger charge is -2.20. The molecule has 0 spiro atoms. The maximum absolute atomic E-state index is 15.2. The largest absolute Gasteiger partial charge is 0.462 e. The molecule has 44 heavy (non-hydrogen) atoms. The number of aryl methyl sites for hydroxylation is 1. The quantitative estimate of drug-likeness (QED) is 0.133. The third-order valence-corrected chi connectivity index (χ3v) is 6.45. The Bertz CT molecular complexity index is 1670. The summed E-state index contributed by atoms with van der Waals surface area (Å²) in [5.74, 6) is -8.69. The maximum Gasteiger partial charge on any atom is 0.432 e. The Morgan fingerprint density at radius 1 is 0.727 bits per heavy atom. The predicted molar refractivity (Wildman–Crippen MR) is 143 cm³/mol. The molecule has 0 N–H and O–H groups in total. The van der Waals surface area contributed by atoms with Gasteiger partial charge in [0.1, 0.15) is 34.6 Å². The number of hydrogen-bond donors (Lipinski definition) is 0. The van der Waals surface area contributed by atoms with Crippen molar-refractivity contribution in [3.05, 3.63) is 118 Å². The summed E-state index contributed by atoms with van der Waals surface area (Å²) < 4.78 is 149. The van der Waals surface area contributed by atoms with E-state index in [4.69, 9.17) is 11.6 Å². The van der Waals surface area contributed by atoms with Gasteiger partial charge in [0.25, 0.3) is 0 Å². The van der Waals surface area contributed by atoms with E-state index in [1.807, 2.05) is 6.92 Å². The Hall–Kier alpha value is -4.19. The van der Waals surface area contributed by atoms with Crippen LogP contribution < -0.4 is 9.47 Å². The maximum atomic E-state index is 15.2. The van der Waals surface area contributed by atoms with Gasteiger partial charge in [-0.15, -0.1) is 0 Å². The van der Waals surface area contributed by atoms with Crippen LogP contribution in [-0.2, 0) is 12.5 Å². The van der Waals surface area contributed by atoms with E-state index in [1.165, 1.54) is 12.1 Å². The van der Waals surface area contributed by atoms with Crippen molar-refractivity contribution in [3.63, 3.8) is 0 Å². The van der Waals surface area contributed by atoms with Gasteiger partial charge in [-0.2, -0.15) is 22.0 Å². The topological polar surface area (TPSA) is 18.5 Å². The minimum absolute atomic E-state index is 0.00973. The number of rotatable bonds is 9. The third-order valence-electron chi connectivity index (χ3n) is 6.15. The lowest BCUT2D eigenvalue weighted by atomic mass is 9.96. The summed E-state index contributed by atoms with van der Waals surface area (Å²) in [5, 5.41) is -0.394. The van der Waals surface area contributed by atoms with Gasteiger partial charge >= 0.3 is 12.3 Å². The molecule has 13 heteroatoms. The van der Waals surface area contributed by atoms with Crippen LogP contribution >= 0.6 is 11.6 Å². The molecule has 0 bridgehead atoms. The number of halogens is 11. The van der Waals surface area contributed by atoms with E-state index in [9.17, 15) is 39.5 Å². The van der Waals surface area contributed by atoms with Gasteiger partial charge in [-0.25, -0.2) is 22.0 Å². The highest BCUT2D eigenvalue weighted by Gasteiger charge is 2.41. The first-order valence-corrected chi connectivity index (χ1v) is 13.0. The van der Waals surface area contributed by atoms with Crippen molar-refractivity contribution in [2.24, 2.45) is 0 Å². The Balaban J connectivity index is 1.61. The molecule has 0 aliphatic heterocycles. The summed E-state index contributed by atoms with van der Waals surface area (Å²) in [7, 11) is 0. The molecule has 0 atom stereocenters. The molecule has 4 aromatic carbocycles.